The number of aromatic nitrogens is 4. The Kier molecular flexibility index (Phi) is 4.27. The normalized spacial score (nSPS) is 11.0. The lowest BCUT2D eigenvalue weighted by Crippen LogP contribution is -2.07. The molecule has 0 spiro atoms. The monoisotopic (exact) mass is 395 g/mol. The van der Waals surface area contributed by atoms with E-state index in [1.807, 2.05) is 0 Å². The Labute approximate surface area is 162 Å². The van der Waals surface area contributed by atoms with Crippen LogP contribution in [-0.2, 0) is 6.54 Å². The Morgan fingerprint density at radius 1 is 1.07 bits per heavy atom. The summed E-state index contributed by atoms with van der Waals surface area (Å²) in [6.07, 6.45) is 1.30. The van der Waals surface area contributed by atoms with Crippen LogP contribution in [0.3, 0.4) is 0 Å². The Balaban J connectivity index is 1.89. The first-order chi connectivity index (χ1) is 13.9. The number of nitrogens with two attached hydrogens (primary N) is 2. The van der Waals surface area contributed by atoms with Crippen molar-refractivity contribution in [2.45, 2.75) is 6.54 Å². The molecule has 0 saturated heterocycles. The van der Waals surface area contributed by atoms with Crippen LogP contribution in [0, 0.1) is 28.8 Å². The zero-order valence-electron chi connectivity index (χ0n) is 14.7. The van der Waals surface area contributed by atoms with E-state index in [0.717, 1.165) is 12.1 Å². The molecule has 0 aliphatic carbocycles. The van der Waals surface area contributed by atoms with Crippen LogP contribution in [-0.4, -0.2) is 19.5 Å². The summed E-state index contributed by atoms with van der Waals surface area (Å²) in [5.74, 6) is -2.60. The van der Waals surface area contributed by atoms with Gasteiger partial charge in [-0.05, 0) is 24.3 Å². The van der Waals surface area contributed by atoms with Crippen LogP contribution >= 0.6 is 0 Å². The highest BCUT2D eigenvalue weighted by Crippen LogP contribution is 2.30. The van der Waals surface area contributed by atoms with Crippen LogP contribution < -0.4 is 11.5 Å². The molecular formula is C19H12F3N7. The first-order valence-electron chi connectivity index (χ1n) is 8.29. The number of hydrogen-bond acceptors (Lipinski definition) is 6. The number of nitrogen functional groups attached to an aromatic ring is 2. The molecule has 2 aromatic carbocycles. The minimum absolute atomic E-state index is 0.0123. The Morgan fingerprint density at radius 2 is 1.79 bits per heavy atom. The lowest BCUT2D eigenvalue weighted by molar-refractivity contribution is 0.547. The van der Waals surface area contributed by atoms with Crippen molar-refractivity contribution in [3.63, 3.8) is 0 Å². The summed E-state index contributed by atoms with van der Waals surface area (Å²) in [4.78, 5) is 12.3. The van der Waals surface area contributed by atoms with Gasteiger partial charge in [-0.25, -0.2) is 23.1 Å². The van der Waals surface area contributed by atoms with E-state index in [1.54, 1.807) is 6.07 Å². The summed E-state index contributed by atoms with van der Waals surface area (Å²) in [6.45, 7) is -0.245. The van der Waals surface area contributed by atoms with Gasteiger partial charge in [0, 0.05) is 16.8 Å². The van der Waals surface area contributed by atoms with Crippen molar-refractivity contribution >= 4 is 22.8 Å². The third-order valence-electron chi connectivity index (χ3n) is 4.35. The average Bonchev–Trinajstić information content (AvgIpc) is 3.07. The van der Waals surface area contributed by atoms with E-state index in [9.17, 15) is 13.2 Å². The van der Waals surface area contributed by atoms with Crippen LogP contribution in [0.1, 0.15) is 11.1 Å². The number of fused-ring (bicyclic) bond motifs is 1. The molecule has 0 aliphatic heterocycles. The number of imidazole rings is 1. The summed E-state index contributed by atoms with van der Waals surface area (Å²) in [5.41, 5.74) is 11.2. The number of benzene rings is 2. The van der Waals surface area contributed by atoms with Gasteiger partial charge < -0.3 is 16.0 Å². The largest absolute Gasteiger partial charge is 0.399 e. The second-order valence-electron chi connectivity index (χ2n) is 6.22. The molecule has 0 saturated carbocycles. The highest BCUT2D eigenvalue weighted by atomic mass is 19.1. The van der Waals surface area contributed by atoms with E-state index in [1.165, 1.54) is 29.1 Å². The van der Waals surface area contributed by atoms with Crippen LogP contribution in [0.4, 0.5) is 24.8 Å². The van der Waals surface area contributed by atoms with Gasteiger partial charge in [0.2, 0.25) is 5.95 Å². The Bertz CT molecular complexity index is 1280. The summed E-state index contributed by atoms with van der Waals surface area (Å²) in [5, 5.41) is 9.05. The average molecular weight is 395 g/mol. The number of anilines is 2. The van der Waals surface area contributed by atoms with E-state index in [4.69, 9.17) is 16.7 Å². The van der Waals surface area contributed by atoms with E-state index >= 15 is 0 Å². The van der Waals surface area contributed by atoms with Crippen molar-refractivity contribution in [3.05, 3.63) is 65.2 Å². The predicted molar refractivity (Wildman–Crippen MR) is 99.7 cm³/mol. The Morgan fingerprint density at radius 3 is 2.48 bits per heavy atom. The number of hydrogen-bond donors (Lipinski definition) is 2. The van der Waals surface area contributed by atoms with Gasteiger partial charge in [-0.3, -0.25) is 0 Å². The molecule has 4 aromatic rings. The molecule has 0 atom stereocenters. The smallest absolute Gasteiger partial charge is 0.222 e. The second-order valence-corrected chi connectivity index (χ2v) is 6.22. The third kappa shape index (κ3) is 3.08. The highest BCUT2D eigenvalue weighted by molar-refractivity contribution is 5.88. The minimum Gasteiger partial charge on any atom is -0.399 e. The fourth-order valence-corrected chi connectivity index (χ4v) is 3.01. The lowest BCUT2D eigenvalue weighted by Gasteiger charge is -2.09. The van der Waals surface area contributed by atoms with Crippen molar-refractivity contribution in [1.82, 2.24) is 19.5 Å². The zero-order valence-corrected chi connectivity index (χ0v) is 14.7. The Hall–Kier alpha value is -4.13. The van der Waals surface area contributed by atoms with E-state index in [2.05, 4.69) is 15.0 Å². The molecule has 29 heavy (non-hydrogen) atoms. The summed E-state index contributed by atoms with van der Waals surface area (Å²) in [7, 11) is 0. The van der Waals surface area contributed by atoms with Gasteiger partial charge in [0.1, 0.15) is 34.7 Å². The van der Waals surface area contributed by atoms with Crippen molar-refractivity contribution in [3.8, 4) is 17.3 Å². The first kappa shape index (κ1) is 18.2. The standard InChI is InChI=1S/C19H12F3N7/c20-13-4-10(24)5-14(21)12(13)7-29-8-26-17-16(27-19(25)28-18(17)29)11-3-1-2-9(6-23)15(11)22/h1-5,8H,7,24H2,(H2,25,27,28). The second kappa shape index (κ2) is 6.79. The topological polar surface area (TPSA) is 119 Å². The van der Waals surface area contributed by atoms with Gasteiger partial charge in [-0.1, -0.05) is 6.07 Å². The summed E-state index contributed by atoms with van der Waals surface area (Å²) >= 11 is 0. The van der Waals surface area contributed by atoms with Gasteiger partial charge in [0.25, 0.3) is 0 Å². The molecule has 10 heteroatoms. The van der Waals surface area contributed by atoms with Crippen molar-refractivity contribution in [1.29, 1.82) is 5.26 Å². The van der Waals surface area contributed by atoms with Crippen molar-refractivity contribution < 1.29 is 13.2 Å². The van der Waals surface area contributed by atoms with Gasteiger partial charge >= 0.3 is 0 Å². The van der Waals surface area contributed by atoms with Gasteiger partial charge in [0.05, 0.1) is 18.4 Å². The van der Waals surface area contributed by atoms with E-state index in [0.29, 0.717) is 0 Å². The van der Waals surface area contributed by atoms with Crippen LogP contribution in [0.2, 0.25) is 0 Å². The molecule has 0 amide bonds. The predicted octanol–water partition coefficient (Wildman–Crippen LogP) is 2.99. The van der Waals surface area contributed by atoms with Gasteiger partial charge in [-0.2, -0.15) is 10.2 Å². The van der Waals surface area contributed by atoms with Crippen LogP contribution in [0.5, 0.6) is 0 Å². The van der Waals surface area contributed by atoms with Crippen LogP contribution in [0.15, 0.2) is 36.7 Å². The fourth-order valence-electron chi connectivity index (χ4n) is 3.01. The fraction of sp³-hybridized carbons (Fsp3) is 0.0526. The molecule has 0 unspecified atom stereocenters. The molecule has 0 radical (unpaired) electrons. The van der Waals surface area contributed by atoms with Gasteiger partial charge in [0.15, 0.2) is 5.65 Å². The number of nitrogens with zero attached hydrogens (tertiary/aromatic N) is 5. The zero-order chi connectivity index (χ0) is 20.7. The quantitative estimate of drug-likeness (QED) is 0.515. The molecule has 144 valence electrons. The molecule has 4 rings (SSSR count). The summed E-state index contributed by atoms with van der Waals surface area (Å²) < 4.78 is 44.4. The summed E-state index contributed by atoms with van der Waals surface area (Å²) in [6, 6.07) is 8.02. The van der Waals surface area contributed by atoms with Crippen LogP contribution in [0.25, 0.3) is 22.4 Å². The molecule has 2 heterocycles. The van der Waals surface area contributed by atoms with E-state index < -0.39 is 17.5 Å². The van der Waals surface area contributed by atoms with Gasteiger partial charge in [-0.15, -0.1) is 0 Å². The third-order valence-corrected chi connectivity index (χ3v) is 4.35. The molecule has 0 fully saturated rings. The van der Waals surface area contributed by atoms with Crippen molar-refractivity contribution in [2.24, 2.45) is 0 Å². The lowest BCUT2D eigenvalue weighted by atomic mass is 10.1. The highest BCUT2D eigenvalue weighted by Gasteiger charge is 2.20. The maximum atomic E-state index is 14.6. The number of rotatable bonds is 3. The minimum atomic E-state index is -0.820. The molecule has 2 aromatic heterocycles. The van der Waals surface area contributed by atoms with E-state index in [-0.39, 0.29) is 51.7 Å². The first-order valence-corrected chi connectivity index (χ1v) is 8.29. The molecule has 7 nitrogen and oxygen atoms in total. The maximum absolute atomic E-state index is 14.6. The maximum Gasteiger partial charge on any atom is 0.222 e. The molecule has 0 bridgehead atoms. The van der Waals surface area contributed by atoms with Crippen molar-refractivity contribution in [2.75, 3.05) is 11.5 Å². The number of nitriles is 1. The molecule has 4 N–H and O–H groups in total. The molecule has 0 aliphatic rings. The molecular weight excluding hydrogens is 383 g/mol. The number of halogens is 3. The SMILES string of the molecule is N#Cc1cccc(-c2nc(N)nc3c2ncn3Cc2c(F)cc(N)cc2F)c1F.